The Morgan fingerprint density at radius 3 is 2.83 bits per heavy atom. The van der Waals surface area contributed by atoms with Gasteiger partial charge in [0.1, 0.15) is 6.54 Å². The normalized spacial score (nSPS) is 10.9. The van der Waals surface area contributed by atoms with Crippen LogP contribution in [0, 0.1) is 6.92 Å². The zero-order valence-electron chi connectivity index (χ0n) is 17.0. The van der Waals surface area contributed by atoms with E-state index in [1.807, 2.05) is 30.5 Å². The van der Waals surface area contributed by atoms with Crippen molar-refractivity contribution in [2.24, 2.45) is 4.99 Å². The van der Waals surface area contributed by atoms with Crippen LogP contribution in [0.15, 0.2) is 53.9 Å². The molecule has 10 heteroatoms. The van der Waals surface area contributed by atoms with Crippen molar-refractivity contribution in [1.29, 1.82) is 0 Å². The Hall–Kier alpha value is -2.47. The van der Waals surface area contributed by atoms with Crippen LogP contribution in [0.2, 0.25) is 0 Å². The molecular formula is C20H26IN7OS. The molecule has 160 valence electrons. The summed E-state index contributed by atoms with van der Waals surface area (Å²) in [5.74, 6) is 0.611. The summed E-state index contributed by atoms with van der Waals surface area (Å²) in [6.45, 7) is 3.60. The number of amides is 1. The molecule has 8 nitrogen and oxygen atoms in total. The smallest absolute Gasteiger partial charge is 0.246 e. The Balaban J connectivity index is 0.00000320. The highest BCUT2D eigenvalue weighted by atomic mass is 127. The molecule has 3 rings (SSSR count). The van der Waals surface area contributed by atoms with E-state index in [2.05, 4.69) is 37.9 Å². The van der Waals surface area contributed by atoms with Crippen LogP contribution in [0.3, 0.4) is 0 Å². The number of thiazole rings is 1. The van der Waals surface area contributed by atoms with Crippen molar-refractivity contribution < 1.29 is 4.79 Å². The van der Waals surface area contributed by atoms with Crippen LogP contribution >= 0.6 is 35.3 Å². The lowest BCUT2D eigenvalue weighted by molar-refractivity contribution is -0.116. The number of halogens is 1. The average Bonchev–Trinajstić information content (AvgIpc) is 3.36. The van der Waals surface area contributed by atoms with Gasteiger partial charge in [0.15, 0.2) is 5.96 Å². The molecule has 3 aromatic rings. The number of nitrogens with zero attached hydrogens (tertiary/aromatic N) is 4. The Bertz CT molecular complexity index is 956. The van der Waals surface area contributed by atoms with Crippen LogP contribution in [-0.2, 0) is 24.3 Å². The first kappa shape index (κ1) is 23.8. The molecule has 0 spiro atoms. The lowest BCUT2D eigenvalue weighted by Gasteiger charge is -2.12. The van der Waals surface area contributed by atoms with Crippen molar-refractivity contribution in [1.82, 2.24) is 25.4 Å². The number of hydrogen-bond donors (Lipinski definition) is 3. The van der Waals surface area contributed by atoms with Crippen LogP contribution in [0.5, 0.6) is 0 Å². The maximum atomic E-state index is 12.1. The average molecular weight is 539 g/mol. The first-order chi connectivity index (χ1) is 14.1. The summed E-state index contributed by atoms with van der Waals surface area (Å²) in [6.07, 6.45) is 6.16. The minimum atomic E-state index is -0.117. The van der Waals surface area contributed by atoms with Gasteiger partial charge in [0.05, 0.1) is 5.01 Å². The number of guanidine groups is 1. The highest BCUT2D eigenvalue weighted by molar-refractivity contribution is 14.0. The molecule has 2 heterocycles. The molecule has 0 saturated carbocycles. The highest BCUT2D eigenvalue weighted by Gasteiger charge is 2.05. The number of anilines is 1. The largest absolute Gasteiger partial charge is 0.356 e. The first-order valence-electron chi connectivity index (χ1n) is 9.34. The van der Waals surface area contributed by atoms with E-state index < -0.39 is 0 Å². The van der Waals surface area contributed by atoms with Crippen molar-refractivity contribution in [3.8, 4) is 0 Å². The zero-order valence-corrected chi connectivity index (χ0v) is 20.1. The van der Waals surface area contributed by atoms with E-state index in [4.69, 9.17) is 0 Å². The Morgan fingerprint density at radius 1 is 1.27 bits per heavy atom. The second-order valence-electron chi connectivity index (χ2n) is 6.42. The summed E-state index contributed by atoms with van der Waals surface area (Å²) in [5.41, 5.74) is 1.80. The third-order valence-corrected chi connectivity index (χ3v) is 5.03. The maximum absolute atomic E-state index is 12.1. The molecule has 3 N–H and O–H groups in total. The molecule has 0 aliphatic heterocycles. The second kappa shape index (κ2) is 12.3. The summed E-state index contributed by atoms with van der Waals surface area (Å²) >= 11 is 1.71. The van der Waals surface area contributed by atoms with E-state index in [1.165, 1.54) is 4.88 Å². The fourth-order valence-corrected chi connectivity index (χ4v) is 3.50. The van der Waals surface area contributed by atoms with Gasteiger partial charge in [-0.3, -0.25) is 14.5 Å². The van der Waals surface area contributed by atoms with E-state index in [9.17, 15) is 4.79 Å². The number of nitrogens with one attached hydrogen (secondary N) is 3. The monoisotopic (exact) mass is 539 g/mol. The van der Waals surface area contributed by atoms with Gasteiger partial charge >= 0.3 is 0 Å². The number of hydrogen-bond acceptors (Lipinski definition) is 5. The lowest BCUT2D eigenvalue weighted by atomic mass is 10.2. The fourth-order valence-electron chi connectivity index (χ4n) is 2.71. The van der Waals surface area contributed by atoms with Gasteiger partial charge in [-0.05, 0) is 30.7 Å². The number of aromatic nitrogens is 3. The second-order valence-corrected chi connectivity index (χ2v) is 7.74. The molecule has 0 unspecified atom stereocenters. The molecule has 0 radical (unpaired) electrons. The number of carbonyl (C=O) groups is 1. The molecular weight excluding hydrogens is 513 g/mol. The van der Waals surface area contributed by atoms with Crippen LogP contribution < -0.4 is 16.0 Å². The first-order valence-corrected chi connectivity index (χ1v) is 10.2. The quantitative estimate of drug-likeness (QED) is 0.233. The molecule has 2 aromatic heterocycles. The standard InChI is InChI=1S/C20H25N7OS.HI/c1-15-12-23-19(29-15)7-9-22-20(21-2)24-13-16-5-3-6-17(11-16)26-18(28)14-27-10-4-8-25-27;/h3-6,8,10-12H,7,9,13-14H2,1-2H3,(H,26,28)(H2,21,22,24);1H. The van der Waals surface area contributed by atoms with Gasteiger partial charge in [0.25, 0.3) is 0 Å². The van der Waals surface area contributed by atoms with Crippen molar-refractivity contribution in [3.05, 3.63) is 64.4 Å². The number of rotatable bonds is 8. The summed E-state index contributed by atoms with van der Waals surface area (Å²) in [7, 11) is 1.74. The molecule has 1 aromatic carbocycles. The molecule has 30 heavy (non-hydrogen) atoms. The van der Waals surface area contributed by atoms with E-state index in [0.717, 1.165) is 35.2 Å². The van der Waals surface area contributed by atoms with Crippen LogP contribution in [0.4, 0.5) is 5.69 Å². The van der Waals surface area contributed by atoms with Crippen molar-refractivity contribution >= 4 is 52.9 Å². The van der Waals surface area contributed by atoms with Crippen molar-refractivity contribution in [2.75, 3.05) is 18.9 Å². The minimum absolute atomic E-state index is 0. The predicted octanol–water partition coefficient (Wildman–Crippen LogP) is 2.81. The number of aryl methyl sites for hydroxylation is 1. The van der Waals surface area contributed by atoms with Gasteiger partial charge in [0.2, 0.25) is 5.91 Å². The van der Waals surface area contributed by atoms with E-state index in [-0.39, 0.29) is 36.4 Å². The molecule has 0 saturated heterocycles. The summed E-state index contributed by atoms with van der Waals surface area (Å²) in [4.78, 5) is 22.0. The molecule has 0 aliphatic carbocycles. The molecule has 1 amide bonds. The summed E-state index contributed by atoms with van der Waals surface area (Å²) in [5, 5.41) is 14.6. The Labute approximate surface area is 197 Å². The fraction of sp³-hybridized carbons (Fsp3) is 0.300. The van der Waals surface area contributed by atoms with Gasteiger partial charge in [-0.25, -0.2) is 4.98 Å². The van der Waals surface area contributed by atoms with Crippen molar-refractivity contribution in [3.63, 3.8) is 0 Å². The molecule has 0 fully saturated rings. The maximum Gasteiger partial charge on any atom is 0.246 e. The van der Waals surface area contributed by atoms with Crippen LogP contribution in [-0.4, -0.2) is 40.2 Å². The van der Waals surface area contributed by atoms with Gasteiger partial charge in [-0.2, -0.15) is 5.10 Å². The van der Waals surface area contributed by atoms with Gasteiger partial charge < -0.3 is 16.0 Å². The Morgan fingerprint density at radius 2 is 2.13 bits per heavy atom. The Kier molecular flexibility index (Phi) is 9.74. The van der Waals surface area contributed by atoms with Crippen LogP contribution in [0.25, 0.3) is 0 Å². The zero-order chi connectivity index (χ0) is 20.5. The molecule has 0 aliphatic rings. The van der Waals surface area contributed by atoms with Gasteiger partial charge in [-0.15, -0.1) is 35.3 Å². The van der Waals surface area contributed by atoms with E-state index in [1.54, 1.807) is 41.5 Å². The van der Waals surface area contributed by atoms with Gasteiger partial charge in [-0.1, -0.05) is 12.1 Å². The molecule has 0 bridgehead atoms. The number of aliphatic imine (C=N–C) groups is 1. The number of benzene rings is 1. The number of carbonyl (C=O) groups excluding carboxylic acids is 1. The molecule has 0 atom stereocenters. The minimum Gasteiger partial charge on any atom is -0.356 e. The third kappa shape index (κ3) is 7.75. The summed E-state index contributed by atoms with van der Waals surface area (Å²) < 4.78 is 1.59. The lowest BCUT2D eigenvalue weighted by Crippen LogP contribution is -2.37. The van der Waals surface area contributed by atoms with Gasteiger partial charge in [0, 0.05) is 55.7 Å². The SMILES string of the molecule is CN=C(NCCc1ncc(C)s1)NCc1cccc(NC(=O)Cn2cccn2)c1.I. The highest BCUT2D eigenvalue weighted by Crippen LogP contribution is 2.12. The third-order valence-electron chi connectivity index (χ3n) is 4.06. The van der Waals surface area contributed by atoms with Crippen molar-refractivity contribution in [2.45, 2.75) is 26.4 Å². The van der Waals surface area contributed by atoms with E-state index >= 15 is 0 Å². The van der Waals surface area contributed by atoms with E-state index in [0.29, 0.717) is 6.54 Å². The van der Waals surface area contributed by atoms with Crippen LogP contribution in [0.1, 0.15) is 15.4 Å². The topological polar surface area (TPSA) is 96.2 Å². The summed E-state index contributed by atoms with van der Waals surface area (Å²) in [6, 6.07) is 9.52. The predicted molar refractivity (Wildman–Crippen MR) is 131 cm³/mol.